The zero-order chi connectivity index (χ0) is 15.4. The van der Waals surface area contributed by atoms with Crippen molar-refractivity contribution in [3.05, 3.63) is 34.7 Å². The van der Waals surface area contributed by atoms with Gasteiger partial charge >= 0.3 is 5.97 Å². The van der Waals surface area contributed by atoms with E-state index in [1.54, 1.807) is 30.3 Å². The van der Waals surface area contributed by atoms with Crippen molar-refractivity contribution in [1.82, 2.24) is 5.01 Å². The Morgan fingerprint density at radius 1 is 1.52 bits per heavy atom. The fourth-order valence-corrected chi connectivity index (χ4v) is 2.68. The number of carboxylic acid groups (broad SMARTS) is 1. The van der Waals surface area contributed by atoms with Crippen LogP contribution in [0.5, 0.6) is 5.75 Å². The van der Waals surface area contributed by atoms with E-state index in [-0.39, 0.29) is 18.9 Å². The molecule has 1 fully saturated rings. The molecule has 0 saturated carbocycles. The standard InChI is InChI=1S/C13H12N2O4S2/c14-15-12(18)10(21-13(15)20)7-8-2-1-3-9(6-8)19-5-4-11(16)17/h1-3,6-7H,4-5,14H2,(H,16,17)/b10-7-. The van der Waals surface area contributed by atoms with Crippen molar-refractivity contribution in [2.24, 2.45) is 5.84 Å². The largest absolute Gasteiger partial charge is 0.493 e. The minimum Gasteiger partial charge on any atom is -0.493 e. The molecule has 1 aliphatic rings. The zero-order valence-corrected chi connectivity index (χ0v) is 12.4. The highest BCUT2D eigenvalue weighted by Crippen LogP contribution is 2.30. The number of nitrogens with zero attached hydrogens (tertiary/aromatic N) is 1. The molecule has 8 heteroatoms. The summed E-state index contributed by atoms with van der Waals surface area (Å²) in [5, 5.41) is 9.49. The molecule has 1 saturated heterocycles. The summed E-state index contributed by atoms with van der Waals surface area (Å²) in [5.41, 5.74) is 0.747. The number of rotatable bonds is 5. The molecule has 2 rings (SSSR count). The third-order valence-corrected chi connectivity index (χ3v) is 3.89. The Morgan fingerprint density at radius 2 is 2.29 bits per heavy atom. The van der Waals surface area contributed by atoms with E-state index in [1.165, 1.54) is 0 Å². The molecule has 110 valence electrons. The Hall–Kier alpha value is -1.90. The van der Waals surface area contributed by atoms with Crippen LogP contribution < -0.4 is 10.6 Å². The van der Waals surface area contributed by atoms with Crippen molar-refractivity contribution in [3.8, 4) is 5.75 Å². The van der Waals surface area contributed by atoms with Crippen LogP contribution in [-0.2, 0) is 9.59 Å². The highest BCUT2D eigenvalue weighted by Gasteiger charge is 2.29. The molecule has 0 aromatic heterocycles. The van der Waals surface area contributed by atoms with Gasteiger partial charge in [0.15, 0.2) is 4.32 Å². The van der Waals surface area contributed by atoms with Crippen LogP contribution in [0.3, 0.4) is 0 Å². The fraction of sp³-hybridized carbons (Fsp3) is 0.154. The summed E-state index contributed by atoms with van der Waals surface area (Å²) >= 11 is 6.07. The third kappa shape index (κ3) is 4.03. The molecule has 0 atom stereocenters. The predicted molar refractivity (Wildman–Crippen MR) is 83.4 cm³/mol. The van der Waals surface area contributed by atoms with Crippen molar-refractivity contribution in [1.29, 1.82) is 0 Å². The molecule has 1 aromatic carbocycles. The first-order valence-electron chi connectivity index (χ1n) is 5.94. The number of thiocarbonyl (C=S) groups is 1. The summed E-state index contributed by atoms with van der Waals surface area (Å²) < 4.78 is 5.63. The average molecular weight is 324 g/mol. The first kappa shape index (κ1) is 15.5. The summed E-state index contributed by atoms with van der Waals surface area (Å²) in [6.45, 7) is 0.0870. The van der Waals surface area contributed by atoms with Gasteiger partial charge in [-0.15, -0.1) is 0 Å². The Bertz CT molecular complexity index is 630. The number of thioether (sulfide) groups is 1. The summed E-state index contributed by atoms with van der Waals surface area (Å²) in [5.74, 6) is 4.76. The fourth-order valence-electron chi connectivity index (χ4n) is 1.58. The second kappa shape index (κ2) is 6.70. The summed E-state index contributed by atoms with van der Waals surface area (Å²) in [4.78, 5) is 22.6. The molecule has 1 aliphatic heterocycles. The van der Waals surface area contributed by atoms with Crippen molar-refractivity contribution < 1.29 is 19.4 Å². The summed E-state index contributed by atoms with van der Waals surface area (Å²) in [7, 11) is 0. The Balaban J connectivity index is 2.09. The van der Waals surface area contributed by atoms with Gasteiger partial charge in [-0.1, -0.05) is 36.1 Å². The molecule has 6 nitrogen and oxygen atoms in total. The normalized spacial score (nSPS) is 16.6. The quantitative estimate of drug-likeness (QED) is 0.368. The number of ether oxygens (including phenoxy) is 1. The number of aliphatic carboxylic acids is 1. The maximum atomic E-state index is 11.8. The molecular weight excluding hydrogens is 312 g/mol. The molecule has 1 amide bonds. The highest BCUT2D eigenvalue weighted by atomic mass is 32.2. The third-order valence-electron chi connectivity index (χ3n) is 2.56. The lowest BCUT2D eigenvalue weighted by Crippen LogP contribution is -2.34. The van der Waals surface area contributed by atoms with Gasteiger partial charge in [-0.3, -0.25) is 9.59 Å². The van der Waals surface area contributed by atoms with Crippen LogP contribution in [0.1, 0.15) is 12.0 Å². The number of hydrogen-bond donors (Lipinski definition) is 2. The van der Waals surface area contributed by atoms with Crippen molar-refractivity contribution in [2.75, 3.05) is 6.61 Å². The smallest absolute Gasteiger partial charge is 0.306 e. The monoisotopic (exact) mass is 324 g/mol. The maximum Gasteiger partial charge on any atom is 0.306 e. The van der Waals surface area contributed by atoms with E-state index < -0.39 is 5.97 Å². The number of carbonyl (C=O) groups is 2. The van der Waals surface area contributed by atoms with E-state index in [1.807, 2.05) is 0 Å². The predicted octanol–water partition coefficient (Wildman–Crippen LogP) is 1.61. The first-order valence-corrected chi connectivity index (χ1v) is 7.17. The van der Waals surface area contributed by atoms with Crippen LogP contribution in [0.15, 0.2) is 29.2 Å². The molecule has 0 bridgehead atoms. The van der Waals surface area contributed by atoms with Gasteiger partial charge in [0.05, 0.1) is 17.9 Å². The lowest BCUT2D eigenvalue weighted by atomic mass is 10.2. The highest BCUT2D eigenvalue weighted by molar-refractivity contribution is 8.26. The number of hydrazine groups is 1. The lowest BCUT2D eigenvalue weighted by molar-refractivity contribution is -0.137. The number of hydrogen-bond acceptors (Lipinski definition) is 6. The molecular formula is C13H12N2O4S2. The topological polar surface area (TPSA) is 92.9 Å². The molecule has 0 spiro atoms. The van der Waals surface area contributed by atoms with Crippen LogP contribution in [0, 0.1) is 0 Å². The second-order valence-electron chi connectivity index (χ2n) is 4.12. The number of amides is 1. The minimum absolute atomic E-state index is 0.0734. The lowest BCUT2D eigenvalue weighted by Gasteiger charge is -2.05. The number of carboxylic acids is 1. The van der Waals surface area contributed by atoms with Gasteiger partial charge in [0.2, 0.25) is 0 Å². The zero-order valence-electron chi connectivity index (χ0n) is 10.8. The van der Waals surface area contributed by atoms with E-state index in [0.29, 0.717) is 15.0 Å². The molecule has 1 aromatic rings. The van der Waals surface area contributed by atoms with Crippen molar-refractivity contribution >= 4 is 46.3 Å². The van der Waals surface area contributed by atoms with Gasteiger partial charge in [-0.25, -0.2) is 10.9 Å². The van der Waals surface area contributed by atoms with Gasteiger partial charge in [0.1, 0.15) is 5.75 Å². The van der Waals surface area contributed by atoms with Gasteiger partial charge in [-0.05, 0) is 23.8 Å². The van der Waals surface area contributed by atoms with E-state index in [0.717, 1.165) is 22.3 Å². The number of carbonyl (C=O) groups excluding carboxylic acids is 1. The van der Waals surface area contributed by atoms with Gasteiger partial charge < -0.3 is 9.84 Å². The Kier molecular flexibility index (Phi) is 4.94. The Labute approximate surface area is 130 Å². The van der Waals surface area contributed by atoms with Crippen molar-refractivity contribution in [2.45, 2.75) is 6.42 Å². The van der Waals surface area contributed by atoms with Crippen molar-refractivity contribution in [3.63, 3.8) is 0 Å². The molecule has 0 unspecified atom stereocenters. The van der Waals surface area contributed by atoms with Gasteiger partial charge in [0.25, 0.3) is 5.91 Å². The summed E-state index contributed by atoms with van der Waals surface area (Å²) in [6.07, 6.45) is 1.59. The number of nitrogens with two attached hydrogens (primary N) is 1. The van der Waals surface area contributed by atoms with Crippen LogP contribution in [-0.4, -0.2) is 32.9 Å². The van der Waals surface area contributed by atoms with Crippen LogP contribution in [0.25, 0.3) is 6.08 Å². The molecule has 3 N–H and O–H groups in total. The first-order chi connectivity index (χ1) is 9.97. The second-order valence-corrected chi connectivity index (χ2v) is 5.79. The molecule has 21 heavy (non-hydrogen) atoms. The van der Waals surface area contributed by atoms with Crippen LogP contribution >= 0.6 is 24.0 Å². The molecule has 0 aliphatic carbocycles. The summed E-state index contributed by atoms with van der Waals surface area (Å²) in [6, 6.07) is 6.98. The van der Waals surface area contributed by atoms with Gasteiger partial charge in [0, 0.05) is 0 Å². The maximum absolute atomic E-state index is 11.8. The van der Waals surface area contributed by atoms with E-state index in [4.69, 9.17) is 27.9 Å². The molecule has 0 radical (unpaired) electrons. The van der Waals surface area contributed by atoms with E-state index in [2.05, 4.69) is 0 Å². The van der Waals surface area contributed by atoms with E-state index in [9.17, 15) is 9.59 Å². The number of benzene rings is 1. The SMILES string of the molecule is NN1C(=O)/C(=C/c2cccc(OCCC(=O)O)c2)SC1=S. The van der Waals surface area contributed by atoms with Gasteiger partial charge in [-0.2, -0.15) is 0 Å². The van der Waals surface area contributed by atoms with E-state index >= 15 is 0 Å². The van der Waals surface area contributed by atoms with Crippen LogP contribution in [0.2, 0.25) is 0 Å². The molecule has 1 heterocycles. The Morgan fingerprint density at radius 3 is 2.90 bits per heavy atom. The minimum atomic E-state index is -0.919. The van der Waals surface area contributed by atoms with Crippen LogP contribution in [0.4, 0.5) is 0 Å². The average Bonchev–Trinajstić information content (AvgIpc) is 2.66.